The maximum atomic E-state index is 13.8. The smallest absolute Gasteiger partial charge is 0.381 e. The van der Waals surface area contributed by atoms with Gasteiger partial charge in [-0.1, -0.05) is 78.8 Å². The third-order valence-electron chi connectivity index (χ3n) is 5.85. The SMILES string of the molecule is CC.CNC(C)c1nncn1C.O=CC(O)c1ccc(-c2noc(-c3onc(-c4ccccc4)c3C(F)(F)F)n2)cc1. The maximum Gasteiger partial charge on any atom is 0.422 e. The molecule has 3 heterocycles. The quantitative estimate of drug-likeness (QED) is 0.237. The summed E-state index contributed by atoms with van der Waals surface area (Å²) in [6.45, 7) is 6.05. The molecule has 0 radical (unpaired) electrons. The zero-order chi connectivity index (χ0) is 30.9. The van der Waals surface area contributed by atoms with E-state index in [-0.39, 0.29) is 23.1 Å². The van der Waals surface area contributed by atoms with Gasteiger partial charge in [-0.3, -0.25) is 0 Å². The molecule has 2 aromatic carbocycles. The molecule has 14 heteroatoms. The molecule has 0 fully saturated rings. The minimum atomic E-state index is -4.78. The summed E-state index contributed by atoms with van der Waals surface area (Å²) in [5.41, 5.74) is -0.523. The van der Waals surface area contributed by atoms with Gasteiger partial charge in [0.1, 0.15) is 29.5 Å². The van der Waals surface area contributed by atoms with Crippen molar-refractivity contribution < 1.29 is 32.1 Å². The van der Waals surface area contributed by atoms with E-state index in [1.165, 1.54) is 36.4 Å². The number of aldehydes is 1. The summed E-state index contributed by atoms with van der Waals surface area (Å²) in [7, 11) is 3.84. The molecule has 2 atom stereocenters. The molecule has 0 saturated carbocycles. The third kappa shape index (κ3) is 7.33. The molecule has 0 aliphatic carbocycles. The number of halogens is 3. The van der Waals surface area contributed by atoms with E-state index in [1.54, 1.807) is 24.5 Å². The second-order valence-corrected chi connectivity index (χ2v) is 8.54. The molecule has 42 heavy (non-hydrogen) atoms. The number of alkyl halides is 3. The van der Waals surface area contributed by atoms with Gasteiger partial charge >= 0.3 is 6.18 Å². The molecular weight excluding hydrogens is 555 g/mol. The van der Waals surface area contributed by atoms with E-state index in [9.17, 15) is 23.1 Å². The van der Waals surface area contributed by atoms with Gasteiger partial charge in [0.25, 0.3) is 5.89 Å². The van der Waals surface area contributed by atoms with Crippen molar-refractivity contribution in [1.29, 1.82) is 0 Å². The number of carbonyl (C=O) groups is 1. The van der Waals surface area contributed by atoms with Crippen LogP contribution in [0.2, 0.25) is 0 Å². The minimum absolute atomic E-state index is 0.00271. The second-order valence-electron chi connectivity index (χ2n) is 8.54. The fraction of sp³-hybridized carbons (Fsp3) is 0.286. The van der Waals surface area contributed by atoms with Crippen LogP contribution in [-0.4, -0.2) is 48.5 Å². The summed E-state index contributed by atoms with van der Waals surface area (Å²) in [5.74, 6) is -0.206. The molecule has 0 bridgehead atoms. The first-order valence-corrected chi connectivity index (χ1v) is 12.8. The number of carbonyl (C=O) groups excluding carboxylic acids is 1. The topological polar surface area (TPSA) is 145 Å². The number of hydrogen-bond donors (Lipinski definition) is 2. The molecule has 0 spiro atoms. The van der Waals surface area contributed by atoms with Gasteiger partial charge in [0.15, 0.2) is 6.29 Å². The maximum absolute atomic E-state index is 13.8. The van der Waals surface area contributed by atoms with Crippen LogP contribution in [0.4, 0.5) is 13.2 Å². The van der Waals surface area contributed by atoms with Gasteiger partial charge in [-0.25, -0.2) is 0 Å². The number of aromatic nitrogens is 6. The van der Waals surface area contributed by atoms with Crippen LogP contribution in [0.25, 0.3) is 34.3 Å². The van der Waals surface area contributed by atoms with Crippen molar-refractivity contribution >= 4 is 6.29 Å². The normalized spacial score (nSPS) is 12.4. The van der Waals surface area contributed by atoms with Crippen molar-refractivity contribution in [2.45, 2.75) is 39.1 Å². The number of aryl methyl sites for hydroxylation is 1. The van der Waals surface area contributed by atoms with Gasteiger partial charge in [0.05, 0.1) is 6.04 Å². The third-order valence-corrected chi connectivity index (χ3v) is 5.85. The molecule has 2 unspecified atom stereocenters. The van der Waals surface area contributed by atoms with Gasteiger partial charge in [-0.2, -0.15) is 18.2 Å². The molecule has 5 aromatic rings. The van der Waals surface area contributed by atoms with Crippen molar-refractivity contribution in [1.82, 2.24) is 35.4 Å². The van der Waals surface area contributed by atoms with E-state index >= 15 is 0 Å². The highest BCUT2D eigenvalue weighted by Gasteiger charge is 2.42. The number of nitrogens with one attached hydrogen (secondary N) is 1. The molecule has 0 aliphatic rings. The highest BCUT2D eigenvalue weighted by Crippen LogP contribution is 2.43. The summed E-state index contributed by atoms with van der Waals surface area (Å²) in [6.07, 6.45) is -3.99. The summed E-state index contributed by atoms with van der Waals surface area (Å²) >= 11 is 0. The Kier molecular flexibility index (Phi) is 10.8. The Morgan fingerprint density at radius 1 is 1.00 bits per heavy atom. The number of rotatable bonds is 7. The Bertz CT molecular complexity index is 1550. The molecule has 222 valence electrons. The lowest BCUT2D eigenvalue weighted by Crippen LogP contribution is -2.16. The van der Waals surface area contributed by atoms with E-state index in [0.717, 1.165) is 5.82 Å². The summed E-state index contributed by atoms with van der Waals surface area (Å²) in [5, 5.41) is 27.5. The molecule has 11 nitrogen and oxygen atoms in total. The van der Waals surface area contributed by atoms with Crippen molar-refractivity contribution in [2.75, 3.05) is 7.05 Å². The van der Waals surface area contributed by atoms with Crippen molar-refractivity contribution in [3.63, 3.8) is 0 Å². The Morgan fingerprint density at radius 3 is 2.21 bits per heavy atom. The predicted molar refractivity (Wildman–Crippen MR) is 147 cm³/mol. The fourth-order valence-electron chi connectivity index (χ4n) is 3.65. The number of aliphatic hydroxyl groups is 1. The van der Waals surface area contributed by atoms with Crippen LogP contribution in [0, 0.1) is 0 Å². The first-order chi connectivity index (χ1) is 20.1. The Balaban J connectivity index is 0.000000340. The highest BCUT2D eigenvalue weighted by molar-refractivity contribution is 5.71. The first kappa shape index (κ1) is 31.8. The second kappa shape index (κ2) is 14.3. The zero-order valence-electron chi connectivity index (χ0n) is 23.5. The molecular formula is C28H30F3N7O4. The molecule has 0 saturated heterocycles. The monoisotopic (exact) mass is 585 g/mol. The fourth-order valence-corrected chi connectivity index (χ4v) is 3.65. The minimum Gasteiger partial charge on any atom is -0.381 e. The van der Waals surface area contributed by atoms with Crippen LogP contribution in [0.3, 0.4) is 0 Å². The van der Waals surface area contributed by atoms with E-state index in [2.05, 4.69) is 30.8 Å². The molecule has 0 aliphatic heterocycles. The largest absolute Gasteiger partial charge is 0.422 e. The first-order valence-electron chi connectivity index (χ1n) is 12.8. The van der Waals surface area contributed by atoms with Gasteiger partial charge in [-0.05, 0) is 19.5 Å². The van der Waals surface area contributed by atoms with E-state index in [4.69, 9.17) is 9.05 Å². The van der Waals surface area contributed by atoms with Crippen LogP contribution in [0.15, 0.2) is 70.0 Å². The number of aliphatic hydroxyl groups excluding tert-OH is 1. The van der Waals surface area contributed by atoms with Crippen molar-refractivity contribution in [3.8, 4) is 34.3 Å². The Hall–Kier alpha value is -4.69. The van der Waals surface area contributed by atoms with Crippen LogP contribution in [-0.2, 0) is 18.0 Å². The van der Waals surface area contributed by atoms with E-state index in [1.807, 2.05) is 39.4 Å². The molecule has 3 aromatic heterocycles. The van der Waals surface area contributed by atoms with Gasteiger partial charge in [-0.15, -0.1) is 10.2 Å². The van der Waals surface area contributed by atoms with Crippen molar-refractivity contribution in [2.24, 2.45) is 7.05 Å². The highest BCUT2D eigenvalue weighted by atomic mass is 19.4. The summed E-state index contributed by atoms with van der Waals surface area (Å²) < 4.78 is 53.1. The lowest BCUT2D eigenvalue weighted by molar-refractivity contribution is -0.137. The number of nitrogens with zero attached hydrogens (tertiary/aromatic N) is 6. The Morgan fingerprint density at radius 2 is 1.67 bits per heavy atom. The summed E-state index contributed by atoms with van der Waals surface area (Å²) in [6, 6.07) is 14.0. The molecule has 2 N–H and O–H groups in total. The van der Waals surface area contributed by atoms with Crippen molar-refractivity contribution in [3.05, 3.63) is 77.9 Å². The average molecular weight is 586 g/mol. The van der Waals surface area contributed by atoms with E-state index in [0.29, 0.717) is 17.4 Å². The van der Waals surface area contributed by atoms with Crippen LogP contribution < -0.4 is 5.32 Å². The Labute approximate surface area is 239 Å². The summed E-state index contributed by atoms with van der Waals surface area (Å²) in [4.78, 5) is 14.6. The van der Waals surface area contributed by atoms with Gasteiger partial charge < -0.3 is 28.8 Å². The number of hydrogen-bond acceptors (Lipinski definition) is 10. The standard InChI is InChI=1S/C20H12F3N3O4.C6H12N4.C2H6/c21-20(22,23)15-16(12-4-2-1-3-5-12)25-29-17(15)19-24-18(26-30-19)13-8-6-11(7-9-13)14(28)10-27;1-5(7-2)6-9-8-4-10(6)3;1-2/h1-10,14,28H;4-5,7H,1-3H3;1-2H3. The van der Waals surface area contributed by atoms with Gasteiger partial charge in [0.2, 0.25) is 11.6 Å². The van der Waals surface area contributed by atoms with Gasteiger partial charge in [0, 0.05) is 18.2 Å². The lowest BCUT2D eigenvalue weighted by Gasteiger charge is -2.07. The van der Waals surface area contributed by atoms with Crippen LogP contribution in [0.5, 0.6) is 0 Å². The predicted octanol–water partition coefficient (Wildman–Crippen LogP) is 5.43. The zero-order valence-corrected chi connectivity index (χ0v) is 23.5. The lowest BCUT2D eigenvalue weighted by atomic mass is 10.1. The van der Waals surface area contributed by atoms with Crippen LogP contribution in [0.1, 0.15) is 49.9 Å². The number of benzene rings is 2. The average Bonchev–Trinajstić information content (AvgIpc) is 3.78. The van der Waals surface area contributed by atoms with Crippen LogP contribution >= 0.6 is 0 Å². The molecule has 0 amide bonds. The van der Waals surface area contributed by atoms with E-state index < -0.39 is 29.5 Å². The molecule has 5 rings (SSSR count).